The van der Waals surface area contributed by atoms with Crippen molar-refractivity contribution in [2.45, 2.75) is 11.8 Å². The van der Waals surface area contributed by atoms with E-state index < -0.39 is 10.0 Å². The molecule has 0 amide bonds. The number of hydrogen-bond donors (Lipinski definition) is 1. The van der Waals surface area contributed by atoms with Gasteiger partial charge in [-0.3, -0.25) is 0 Å². The van der Waals surface area contributed by atoms with Crippen molar-refractivity contribution in [1.29, 1.82) is 0 Å². The molecule has 0 bridgehead atoms. The Kier molecular flexibility index (Phi) is 2.67. The number of hydrogen-bond acceptors (Lipinski definition) is 3. The highest BCUT2D eigenvalue weighted by atomic mass is 32.2. The summed E-state index contributed by atoms with van der Waals surface area (Å²) in [4.78, 5) is 1.98. The van der Waals surface area contributed by atoms with Crippen LogP contribution in [0.5, 0.6) is 0 Å². The Morgan fingerprint density at radius 1 is 1.31 bits per heavy atom. The summed E-state index contributed by atoms with van der Waals surface area (Å²) >= 11 is 0. The largest absolute Gasteiger partial charge is 0.276 e. The zero-order valence-corrected chi connectivity index (χ0v) is 7.88. The Hall–Kier alpha value is -1.36. The molecule has 0 spiro atoms. The molecule has 0 fully saturated rings. The van der Waals surface area contributed by atoms with E-state index >= 15 is 0 Å². The van der Waals surface area contributed by atoms with Crippen molar-refractivity contribution in [2.24, 2.45) is 5.10 Å². The second kappa shape index (κ2) is 3.57. The molecule has 0 unspecified atom stereocenters. The third-order valence-electron chi connectivity index (χ3n) is 1.50. The van der Waals surface area contributed by atoms with E-state index in [0.29, 0.717) is 0 Å². The third kappa shape index (κ3) is 2.29. The van der Waals surface area contributed by atoms with Crippen LogP contribution in [0.4, 0.5) is 0 Å². The van der Waals surface area contributed by atoms with Gasteiger partial charge in [-0.2, -0.15) is 13.5 Å². The Labute approximate surface area is 77.3 Å². The SMILES string of the molecule is [CH]=NNS(=O)(=O)c1ccc(C)cc1. The van der Waals surface area contributed by atoms with E-state index in [-0.39, 0.29) is 4.90 Å². The van der Waals surface area contributed by atoms with Crippen LogP contribution in [-0.4, -0.2) is 15.1 Å². The molecule has 69 valence electrons. The van der Waals surface area contributed by atoms with Crippen LogP contribution in [0.1, 0.15) is 5.56 Å². The van der Waals surface area contributed by atoms with E-state index in [9.17, 15) is 8.42 Å². The molecular formula is C8H9N2O2S. The molecule has 5 heteroatoms. The first-order valence-electron chi connectivity index (χ1n) is 3.54. The number of rotatable bonds is 3. The van der Waals surface area contributed by atoms with Gasteiger partial charge in [0.05, 0.1) is 11.6 Å². The normalized spacial score (nSPS) is 10.8. The van der Waals surface area contributed by atoms with Gasteiger partial charge >= 0.3 is 0 Å². The number of aryl methyl sites for hydroxylation is 1. The summed E-state index contributed by atoms with van der Waals surface area (Å²) in [6.07, 6.45) is 0. The van der Waals surface area contributed by atoms with Gasteiger partial charge in [0, 0.05) is 0 Å². The van der Waals surface area contributed by atoms with Crippen LogP contribution in [0, 0.1) is 6.92 Å². The highest BCUT2D eigenvalue weighted by molar-refractivity contribution is 7.89. The van der Waals surface area contributed by atoms with Gasteiger partial charge in [-0.1, -0.05) is 17.7 Å². The van der Waals surface area contributed by atoms with E-state index in [1.807, 2.05) is 11.8 Å². The fourth-order valence-corrected chi connectivity index (χ4v) is 1.58. The van der Waals surface area contributed by atoms with Crippen LogP contribution in [0.15, 0.2) is 34.3 Å². The maximum atomic E-state index is 11.3. The minimum Gasteiger partial charge on any atom is -0.200 e. The number of sulfonamides is 1. The Morgan fingerprint density at radius 2 is 1.85 bits per heavy atom. The van der Waals surface area contributed by atoms with Crippen LogP contribution in [0.3, 0.4) is 0 Å². The number of benzene rings is 1. The molecule has 4 nitrogen and oxygen atoms in total. The Balaban J connectivity index is 3.08. The van der Waals surface area contributed by atoms with Crippen molar-refractivity contribution in [2.75, 3.05) is 0 Å². The Bertz CT molecular complexity index is 395. The van der Waals surface area contributed by atoms with Crippen LogP contribution in [0.2, 0.25) is 0 Å². The van der Waals surface area contributed by atoms with Gasteiger partial charge in [0.25, 0.3) is 10.0 Å². The number of nitrogens with zero attached hydrogens (tertiary/aromatic N) is 1. The van der Waals surface area contributed by atoms with Crippen molar-refractivity contribution in [3.63, 3.8) is 0 Å². The third-order valence-corrected chi connectivity index (χ3v) is 2.74. The maximum absolute atomic E-state index is 11.3. The monoisotopic (exact) mass is 197 g/mol. The van der Waals surface area contributed by atoms with Crippen LogP contribution in [-0.2, 0) is 10.0 Å². The van der Waals surface area contributed by atoms with Crippen molar-refractivity contribution >= 4 is 16.7 Å². The molecule has 1 aromatic carbocycles. The molecule has 1 aromatic rings. The molecule has 0 aromatic heterocycles. The average Bonchev–Trinajstić information content (AvgIpc) is 2.05. The van der Waals surface area contributed by atoms with Crippen LogP contribution >= 0.6 is 0 Å². The molecule has 1 radical (unpaired) electrons. The molecule has 0 saturated heterocycles. The van der Waals surface area contributed by atoms with E-state index in [4.69, 9.17) is 6.72 Å². The lowest BCUT2D eigenvalue weighted by atomic mass is 10.2. The molecular weight excluding hydrogens is 188 g/mol. The fourth-order valence-electron chi connectivity index (χ4n) is 0.840. The predicted octanol–water partition coefficient (Wildman–Crippen LogP) is 0.766. The molecule has 0 saturated carbocycles. The summed E-state index contributed by atoms with van der Waals surface area (Å²) in [7, 11) is -3.57. The molecule has 13 heavy (non-hydrogen) atoms. The lowest BCUT2D eigenvalue weighted by Crippen LogP contribution is -2.17. The molecule has 0 atom stereocenters. The van der Waals surface area contributed by atoms with Gasteiger partial charge in [-0.05, 0) is 19.1 Å². The minimum atomic E-state index is -3.57. The topological polar surface area (TPSA) is 58.5 Å². The first kappa shape index (κ1) is 9.73. The highest BCUT2D eigenvalue weighted by Gasteiger charge is 2.10. The summed E-state index contributed by atoms with van der Waals surface area (Å²) < 4.78 is 22.5. The van der Waals surface area contributed by atoms with Gasteiger partial charge in [0.2, 0.25) is 0 Å². The zero-order valence-electron chi connectivity index (χ0n) is 7.06. The zero-order chi connectivity index (χ0) is 9.90. The summed E-state index contributed by atoms with van der Waals surface area (Å²) in [6, 6.07) is 6.38. The first-order valence-corrected chi connectivity index (χ1v) is 5.03. The maximum Gasteiger partial charge on any atom is 0.276 e. The lowest BCUT2D eigenvalue weighted by molar-refractivity contribution is 0.585. The quantitative estimate of drug-likeness (QED) is 0.574. The Morgan fingerprint density at radius 3 is 2.31 bits per heavy atom. The summed E-state index contributed by atoms with van der Waals surface area (Å²) in [6.45, 7) is 6.59. The van der Waals surface area contributed by atoms with Crippen molar-refractivity contribution < 1.29 is 8.42 Å². The smallest absolute Gasteiger partial charge is 0.200 e. The minimum absolute atomic E-state index is 0.146. The van der Waals surface area contributed by atoms with Gasteiger partial charge < -0.3 is 0 Å². The van der Waals surface area contributed by atoms with Gasteiger partial charge in [-0.25, -0.2) is 4.83 Å². The summed E-state index contributed by atoms with van der Waals surface area (Å²) in [5, 5.41) is 2.87. The molecule has 0 aliphatic heterocycles. The summed E-state index contributed by atoms with van der Waals surface area (Å²) in [5.41, 5.74) is 0.989. The second-order valence-electron chi connectivity index (χ2n) is 2.54. The van der Waals surface area contributed by atoms with E-state index in [1.54, 1.807) is 12.1 Å². The molecule has 1 rings (SSSR count). The summed E-state index contributed by atoms with van der Waals surface area (Å²) in [5.74, 6) is 0. The molecule has 1 N–H and O–H groups in total. The van der Waals surface area contributed by atoms with E-state index in [1.165, 1.54) is 12.1 Å². The number of hydrazone groups is 1. The lowest BCUT2D eigenvalue weighted by Gasteiger charge is -2.01. The second-order valence-corrected chi connectivity index (χ2v) is 4.20. The van der Waals surface area contributed by atoms with Gasteiger partial charge in [-0.15, -0.1) is 0 Å². The van der Waals surface area contributed by atoms with E-state index in [2.05, 4.69) is 5.10 Å². The predicted molar refractivity (Wildman–Crippen MR) is 50.0 cm³/mol. The van der Waals surface area contributed by atoms with Gasteiger partial charge in [0.1, 0.15) is 0 Å². The molecule has 0 aliphatic rings. The first-order chi connectivity index (χ1) is 6.06. The van der Waals surface area contributed by atoms with Gasteiger partial charge in [0.15, 0.2) is 0 Å². The van der Waals surface area contributed by atoms with Crippen molar-refractivity contribution in [3.05, 3.63) is 29.8 Å². The van der Waals surface area contributed by atoms with Crippen molar-refractivity contribution in [3.8, 4) is 0 Å². The van der Waals surface area contributed by atoms with Crippen LogP contribution in [0.25, 0.3) is 0 Å². The van der Waals surface area contributed by atoms with Crippen LogP contribution < -0.4 is 4.83 Å². The fraction of sp³-hybridized carbons (Fsp3) is 0.125. The average molecular weight is 197 g/mol. The molecule has 0 aliphatic carbocycles. The highest BCUT2D eigenvalue weighted by Crippen LogP contribution is 2.09. The van der Waals surface area contributed by atoms with Crippen molar-refractivity contribution in [1.82, 2.24) is 4.83 Å². The van der Waals surface area contributed by atoms with E-state index in [0.717, 1.165) is 5.56 Å². The standard InChI is InChI=1S/C8H9N2O2S/c1-7-3-5-8(6-4-7)13(11,12)10-9-2/h2-6,10H,1H3. The molecule has 0 heterocycles. The number of nitrogens with one attached hydrogen (secondary N) is 1.